The number of hydrogen-bond acceptors (Lipinski definition) is 1. The van der Waals surface area contributed by atoms with Gasteiger partial charge in [0.25, 0.3) is 0 Å². The molecule has 0 bridgehead atoms. The van der Waals surface area contributed by atoms with Crippen molar-refractivity contribution < 1.29 is 4.39 Å². The van der Waals surface area contributed by atoms with Crippen molar-refractivity contribution in [2.45, 2.75) is 19.4 Å². The van der Waals surface area contributed by atoms with Crippen LogP contribution in [-0.4, -0.2) is 7.05 Å². The number of likely N-dealkylation sites (N-methyl/N-ethyl adjacent to an activating group) is 1. The van der Waals surface area contributed by atoms with Crippen molar-refractivity contribution in [1.82, 2.24) is 5.32 Å². The van der Waals surface area contributed by atoms with E-state index in [2.05, 4.69) is 5.32 Å². The van der Waals surface area contributed by atoms with Crippen LogP contribution in [0.25, 0.3) is 0 Å². The fraction of sp³-hybridized carbons (Fsp3) is 0.250. The number of aryl methyl sites for hydroxylation is 1. The Kier molecular flexibility index (Phi) is 5.03. The van der Waals surface area contributed by atoms with Crippen molar-refractivity contribution in [3.8, 4) is 0 Å². The van der Waals surface area contributed by atoms with Gasteiger partial charge >= 0.3 is 0 Å². The van der Waals surface area contributed by atoms with E-state index in [0.29, 0.717) is 22.0 Å². The van der Waals surface area contributed by atoms with E-state index in [1.54, 1.807) is 12.1 Å². The highest BCUT2D eigenvalue weighted by Crippen LogP contribution is 2.30. The topological polar surface area (TPSA) is 12.0 Å². The molecule has 2 aromatic rings. The van der Waals surface area contributed by atoms with Gasteiger partial charge in [0.1, 0.15) is 5.82 Å². The average Bonchev–Trinajstić information content (AvgIpc) is 2.43. The van der Waals surface area contributed by atoms with Crippen molar-refractivity contribution in [1.29, 1.82) is 0 Å². The highest BCUT2D eigenvalue weighted by molar-refractivity contribution is 6.42. The summed E-state index contributed by atoms with van der Waals surface area (Å²) in [4.78, 5) is 0. The number of benzene rings is 2. The maximum absolute atomic E-state index is 14.0. The highest BCUT2D eigenvalue weighted by atomic mass is 35.5. The van der Waals surface area contributed by atoms with Crippen LogP contribution in [0.4, 0.5) is 4.39 Å². The molecule has 0 aromatic heterocycles. The fourth-order valence-corrected chi connectivity index (χ4v) is 2.62. The maximum atomic E-state index is 14.0. The van der Waals surface area contributed by atoms with Crippen molar-refractivity contribution in [2.75, 3.05) is 7.05 Å². The summed E-state index contributed by atoms with van der Waals surface area (Å²) in [6.45, 7) is 1.95. The molecule has 1 N–H and O–H groups in total. The third-order valence-electron chi connectivity index (χ3n) is 3.33. The van der Waals surface area contributed by atoms with Gasteiger partial charge in [-0.15, -0.1) is 0 Å². The van der Waals surface area contributed by atoms with Crippen LogP contribution in [0.3, 0.4) is 0 Å². The minimum Gasteiger partial charge on any atom is -0.313 e. The lowest BCUT2D eigenvalue weighted by molar-refractivity contribution is 0.533. The van der Waals surface area contributed by atoms with Gasteiger partial charge in [0.2, 0.25) is 0 Å². The first kappa shape index (κ1) is 15.3. The molecule has 106 valence electrons. The summed E-state index contributed by atoms with van der Waals surface area (Å²) < 4.78 is 14.0. The molecule has 2 aromatic carbocycles. The Morgan fingerprint density at radius 3 is 2.65 bits per heavy atom. The van der Waals surface area contributed by atoms with E-state index in [4.69, 9.17) is 23.2 Å². The Hall–Kier alpha value is -1.09. The van der Waals surface area contributed by atoms with E-state index in [1.807, 2.05) is 32.2 Å². The van der Waals surface area contributed by atoms with Gasteiger partial charge in [-0.3, -0.25) is 0 Å². The molecule has 20 heavy (non-hydrogen) atoms. The minimum absolute atomic E-state index is 0.147. The lowest BCUT2D eigenvalue weighted by Gasteiger charge is -2.19. The van der Waals surface area contributed by atoms with Crippen LogP contribution in [0.15, 0.2) is 36.4 Å². The fourth-order valence-electron chi connectivity index (χ4n) is 2.22. The van der Waals surface area contributed by atoms with Crippen LogP contribution in [0.5, 0.6) is 0 Å². The molecule has 2 rings (SSSR count). The Morgan fingerprint density at radius 2 is 1.95 bits per heavy atom. The van der Waals surface area contributed by atoms with Crippen LogP contribution in [0.2, 0.25) is 10.0 Å². The third kappa shape index (κ3) is 3.32. The Bertz CT molecular complexity index is 613. The van der Waals surface area contributed by atoms with E-state index in [1.165, 1.54) is 6.07 Å². The second-order valence-electron chi connectivity index (χ2n) is 4.78. The standard InChI is InChI=1S/C16H16Cl2FN/c1-10-6-7-14(19)12(8-10)15(20-2)9-11-4-3-5-13(17)16(11)18/h3-8,15,20H,9H2,1-2H3. The molecule has 1 unspecified atom stereocenters. The van der Waals surface area contributed by atoms with Crippen LogP contribution in [0, 0.1) is 12.7 Å². The molecule has 0 amide bonds. The first-order chi connectivity index (χ1) is 9.52. The zero-order chi connectivity index (χ0) is 14.7. The van der Waals surface area contributed by atoms with E-state index in [0.717, 1.165) is 11.1 Å². The molecule has 1 atom stereocenters. The molecule has 0 radical (unpaired) electrons. The van der Waals surface area contributed by atoms with Crippen molar-refractivity contribution in [3.63, 3.8) is 0 Å². The monoisotopic (exact) mass is 311 g/mol. The number of nitrogens with one attached hydrogen (secondary N) is 1. The Labute approximate surface area is 128 Å². The smallest absolute Gasteiger partial charge is 0.128 e. The maximum Gasteiger partial charge on any atom is 0.128 e. The largest absolute Gasteiger partial charge is 0.313 e. The Balaban J connectivity index is 2.34. The highest BCUT2D eigenvalue weighted by Gasteiger charge is 2.17. The summed E-state index contributed by atoms with van der Waals surface area (Å²) in [7, 11) is 1.81. The number of halogens is 3. The Morgan fingerprint density at radius 1 is 1.20 bits per heavy atom. The third-order valence-corrected chi connectivity index (χ3v) is 4.19. The van der Waals surface area contributed by atoms with Gasteiger partial charge in [0, 0.05) is 11.6 Å². The van der Waals surface area contributed by atoms with Gasteiger partial charge in [-0.1, -0.05) is 53.0 Å². The van der Waals surface area contributed by atoms with Crippen molar-refractivity contribution in [3.05, 3.63) is 69.0 Å². The van der Waals surface area contributed by atoms with Gasteiger partial charge in [-0.2, -0.15) is 0 Å². The van der Waals surface area contributed by atoms with E-state index in [-0.39, 0.29) is 11.9 Å². The first-order valence-electron chi connectivity index (χ1n) is 6.39. The first-order valence-corrected chi connectivity index (χ1v) is 7.14. The second-order valence-corrected chi connectivity index (χ2v) is 5.57. The molecular formula is C16H16Cl2FN. The second kappa shape index (κ2) is 6.57. The van der Waals surface area contributed by atoms with E-state index >= 15 is 0 Å². The molecule has 0 aliphatic carbocycles. The van der Waals surface area contributed by atoms with Crippen LogP contribution < -0.4 is 5.32 Å². The zero-order valence-electron chi connectivity index (χ0n) is 11.4. The van der Waals surface area contributed by atoms with E-state index < -0.39 is 0 Å². The summed E-state index contributed by atoms with van der Waals surface area (Å²) in [5, 5.41) is 4.19. The van der Waals surface area contributed by atoms with Crippen LogP contribution in [0.1, 0.15) is 22.7 Å². The van der Waals surface area contributed by atoms with E-state index in [9.17, 15) is 4.39 Å². The van der Waals surface area contributed by atoms with Crippen molar-refractivity contribution >= 4 is 23.2 Å². The predicted molar refractivity (Wildman–Crippen MR) is 83.1 cm³/mol. The average molecular weight is 312 g/mol. The van der Waals surface area contributed by atoms with Gasteiger partial charge in [0.05, 0.1) is 10.0 Å². The zero-order valence-corrected chi connectivity index (χ0v) is 12.9. The lowest BCUT2D eigenvalue weighted by atomic mass is 9.97. The molecule has 1 nitrogen and oxygen atoms in total. The summed E-state index contributed by atoms with van der Waals surface area (Å²) in [6.07, 6.45) is 0.580. The van der Waals surface area contributed by atoms with Crippen LogP contribution >= 0.6 is 23.2 Å². The van der Waals surface area contributed by atoms with Gasteiger partial charge in [0.15, 0.2) is 0 Å². The van der Waals surface area contributed by atoms with Crippen LogP contribution in [-0.2, 0) is 6.42 Å². The molecule has 0 saturated carbocycles. The lowest BCUT2D eigenvalue weighted by Crippen LogP contribution is -2.20. The van der Waals surface area contributed by atoms with Crippen molar-refractivity contribution in [2.24, 2.45) is 0 Å². The summed E-state index contributed by atoms with van der Waals surface area (Å²) in [5.41, 5.74) is 2.57. The molecule has 0 saturated heterocycles. The summed E-state index contributed by atoms with van der Waals surface area (Å²) in [6, 6.07) is 10.5. The van der Waals surface area contributed by atoms with Gasteiger partial charge in [-0.05, 0) is 38.1 Å². The normalized spacial score (nSPS) is 12.4. The SMILES string of the molecule is CNC(Cc1cccc(Cl)c1Cl)c1cc(C)ccc1F. The number of rotatable bonds is 4. The quantitative estimate of drug-likeness (QED) is 0.843. The number of hydrogen-bond donors (Lipinski definition) is 1. The summed E-state index contributed by atoms with van der Waals surface area (Å²) in [5.74, 6) is -0.215. The van der Waals surface area contributed by atoms with Gasteiger partial charge < -0.3 is 5.32 Å². The molecule has 0 spiro atoms. The predicted octanol–water partition coefficient (Wildman–Crippen LogP) is 4.94. The summed E-state index contributed by atoms with van der Waals surface area (Å²) >= 11 is 12.2. The molecular weight excluding hydrogens is 296 g/mol. The molecule has 0 aliphatic heterocycles. The molecule has 0 fully saturated rings. The molecule has 4 heteroatoms. The minimum atomic E-state index is -0.215. The molecule has 0 aliphatic rings. The molecule has 0 heterocycles. The van der Waals surface area contributed by atoms with Gasteiger partial charge in [-0.25, -0.2) is 4.39 Å².